The van der Waals surface area contributed by atoms with Crippen LogP contribution in [0.5, 0.6) is 0 Å². The third kappa shape index (κ3) is 8.62. The third-order valence-electron chi connectivity index (χ3n) is 4.45. The number of nitrogens with zero attached hydrogens (tertiary/aromatic N) is 2. The third-order valence-corrected chi connectivity index (χ3v) is 5.71. The number of sulfone groups is 1. The minimum absolute atomic E-state index is 0. The SMILES string of the molecule is CCNC(=NCc1ccc(S(C)(=O)=O)c(C)c1)NCCCN1CCOCC1.I. The Kier molecular flexibility index (Phi) is 11.3. The number of nitrogens with one attached hydrogen (secondary N) is 2. The van der Waals surface area contributed by atoms with Gasteiger partial charge in [0.1, 0.15) is 0 Å². The molecular weight excluding hydrogens is 491 g/mol. The number of morpholine rings is 1. The summed E-state index contributed by atoms with van der Waals surface area (Å²) < 4.78 is 28.8. The Morgan fingerprint density at radius 3 is 2.57 bits per heavy atom. The van der Waals surface area contributed by atoms with E-state index in [1.165, 1.54) is 6.26 Å². The highest BCUT2D eigenvalue weighted by Gasteiger charge is 2.11. The largest absolute Gasteiger partial charge is 0.379 e. The lowest BCUT2D eigenvalue weighted by Gasteiger charge is -2.26. The van der Waals surface area contributed by atoms with Crippen LogP contribution in [0.4, 0.5) is 0 Å². The fraction of sp³-hybridized carbons (Fsp3) is 0.632. The van der Waals surface area contributed by atoms with E-state index in [1.807, 2.05) is 26.0 Å². The average Bonchev–Trinajstić information content (AvgIpc) is 2.63. The van der Waals surface area contributed by atoms with Crippen LogP contribution in [0.1, 0.15) is 24.5 Å². The van der Waals surface area contributed by atoms with Crippen LogP contribution in [0.15, 0.2) is 28.1 Å². The molecule has 1 aromatic rings. The number of halogens is 1. The summed E-state index contributed by atoms with van der Waals surface area (Å²) in [5.41, 5.74) is 1.75. The summed E-state index contributed by atoms with van der Waals surface area (Å²) in [6, 6.07) is 5.38. The first kappa shape index (κ1) is 25.1. The van der Waals surface area contributed by atoms with Crippen LogP contribution in [0.2, 0.25) is 0 Å². The standard InChI is InChI=1S/C19H32N4O3S.HI/c1-4-20-19(21-8-5-9-23-10-12-26-13-11-23)22-15-17-6-7-18(16(2)14-17)27(3,24)25;/h6-7,14H,4-5,8-13,15H2,1-3H3,(H2,20,21,22);1H. The summed E-state index contributed by atoms with van der Waals surface area (Å²) in [5, 5.41) is 6.62. The lowest BCUT2D eigenvalue weighted by molar-refractivity contribution is 0.0376. The molecule has 0 spiro atoms. The molecule has 2 N–H and O–H groups in total. The van der Waals surface area contributed by atoms with Crippen LogP contribution >= 0.6 is 24.0 Å². The van der Waals surface area contributed by atoms with E-state index in [2.05, 4.69) is 20.5 Å². The van der Waals surface area contributed by atoms with Gasteiger partial charge in [-0.3, -0.25) is 4.90 Å². The van der Waals surface area contributed by atoms with Crippen molar-refractivity contribution < 1.29 is 13.2 Å². The maximum atomic E-state index is 11.7. The second-order valence-corrected chi connectivity index (χ2v) is 8.79. The highest BCUT2D eigenvalue weighted by molar-refractivity contribution is 14.0. The molecule has 7 nitrogen and oxygen atoms in total. The number of benzene rings is 1. The zero-order valence-electron chi connectivity index (χ0n) is 17.0. The summed E-state index contributed by atoms with van der Waals surface area (Å²) in [6.07, 6.45) is 2.28. The molecule has 0 aliphatic carbocycles. The summed E-state index contributed by atoms with van der Waals surface area (Å²) in [7, 11) is -3.19. The van der Waals surface area contributed by atoms with E-state index in [1.54, 1.807) is 6.07 Å². The Labute approximate surface area is 186 Å². The molecule has 0 amide bonds. The van der Waals surface area contributed by atoms with Crippen molar-refractivity contribution in [1.29, 1.82) is 0 Å². The van der Waals surface area contributed by atoms with Gasteiger partial charge in [0.25, 0.3) is 0 Å². The van der Waals surface area contributed by atoms with E-state index in [-0.39, 0.29) is 24.0 Å². The zero-order valence-corrected chi connectivity index (χ0v) is 20.2. The molecule has 0 radical (unpaired) electrons. The van der Waals surface area contributed by atoms with Gasteiger partial charge in [0.15, 0.2) is 15.8 Å². The predicted molar refractivity (Wildman–Crippen MR) is 124 cm³/mol. The highest BCUT2D eigenvalue weighted by atomic mass is 127. The van der Waals surface area contributed by atoms with E-state index in [4.69, 9.17) is 4.74 Å². The van der Waals surface area contributed by atoms with Gasteiger partial charge in [-0.15, -0.1) is 24.0 Å². The van der Waals surface area contributed by atoms with Crippen molar-refractivity contribution in [2.75, 3.05) is 52.2 Å². The summed E-state index contributed by atoms with van der Waals surface area (Å²) in [5.74, 6) is 0.782. The second-order valence-electron chi connectivity index (χ2n) is 6.80. The number of hydrogen-bond acceptors (Lipinski definition) is 5. The molecule has 1 aliphatic rings. The fourth-order valence-corrected chi connectivity index (χ4v) is 4.03. The number of aryl methyl sites for hydroxylation is 1. The molecule has 1 saturated heterocycles. The number of rotatable bonds is 8. The summed E-state index contributed by atoms with van der Waals surface area (Å²) >= 11 is 0. The van der Waals surface area contributed by atoms with Crippen LogP contribution < -0.4 is 10.6 Å². The van der Waals surface area contributed by atoms with Crippen molar-refractivity contribution in [1.82, 2.24) is 15.5 Å². The van der Waals surface area contributed by atoms with Gasteiger partial charge in [0.2, 0.25) is 0 Å². The molecule has 0 aromatic heterocycles. The minimum Gasteiger partial charge on any atom is -0.379 e. The molecule has 1 fully saturated rings. The molecular formula is C19H33IN4O3S. The lowest BCUT2D eigenvalue weighted by atomic mass is 10.1. The van der Waals surface area contributed by atoms with Crippen LogP contribution in [0.25, 0.3) is 0 Å². The quantitative estimate of drug-likeness (QED) is 0.234. The maximum absolute atomic E-state index is 11.7. The predicted octanol–water partition coefficient (Wildman–Crippen LogP) is 1.79. The molecule has 1 aromatic carbocycles. The minimum atomic E-state index is -3.19. The molecule has 0 unspecified atom stereocenters. The lowest BCUT2D eigenvalue weighted by Crippen LogP contribution is -2.40. The first-order valence-corrected chi connectivity index (χ1v) is 11.4. The van der Waals surface area contributed by atoms with Crippen LogP contribution in [0.3, 0.4) is 0 Å². The molecule has 28 heavy (non-hydrogen) atoms. The molecule has 0 atom stereocenters. The van der Waals surface area contributed by atoms with E-state index in [0.717, 1.165) is 69.4 Å². The van der Waals surface area contributed by atoms with Crippen molar-refractivity contribution in [3.05, 3.63) is 29.3 Å². The number of ether oxygens (including phenoxy) is 1. The monoisotopic (exact) mass is 524 g/mol. The zero-order chi connectivity index (χ0) is 19.7. The number of guanidine groups is 1. The Morgan fingerprint density at radius 1 is 1.25 bits per heavy atom. The van der Waals surface area contributed by atoms with Gasteiger partial charge in [-0.25, -0.2) is 13.4 Å². The Bertz CT molecular complexity index is 735. The van der Waals surface area contributed by atoms with E-state index < -0.39 is 9.84 Å². The molecule has 1 aliphatic heterocycles. The smallest absolute Gasteiger partial charge is 0.191 e. The highest BCUT2D eigenvalue weighted by Crippen LogP contribution is 2.17. The molecule has 9 heteroatoms. The Balaban J connectivity index is 0.00000392. The molecule has 2 rings (SSSR count). The van der Waals surface area contributed by atoms with Crippen molar-refractivity contribution in [3.63, 3.8) is 0 Å². The number of aliphatic imine (C=N–C) groups is 1. The topological polar surface area (TPSA) is 83.0 Å². The van der Waals surface area contributed by atoms with Crippen molar-refractivity contribution in [2.24, 2.45) is 4.99 Å². The fourth-order valence-electron chi connectivity index (χ4n) is 3.07. The van der Waals surface area contributed by atoms with Crippen LogP contribution in [-0.2, 0) is 21.1 Å². The van der Waals surface area contributed by atoms with Crippen molar-refractivity contribution in [3.8, 4) is 0 Å². The molecule has 160 valence electrons. The van der Waals surface area contributed by atoms with Crippen LogP contribution in [-0.4, -0.2) is 71.5 Å². The van der Waals surface area contributed by atoms with Gasteiger partial charge in [0, 0.05) is 32.4 Å². The van der Waals surface area contributed by atoms with Crippen LogP contribution in [0, 0.1) is 6.92 Å². The van der Waals surface area contributed by atoms with Crippen molar-refractivity contribution >= 4 is 39.8 Å². The Morgan fingerprint density at radius 2 is 1.96 bits per heavy atom. The maximum Gasteiger partial charge on any atom is 0.191 e. The summed E-state index contributed by atoms with van der Waals surface area (Å²) in [4.78, 5) is 7.41. The van der Waals surface area contributed by atoms with E-state index >= 15 is 0 Å². The van der Waals surface area contributed by atoms with Crippen molar-refractivity contribution in [2.45, 2.75) is 31.7 Å². The second kappa shape index (κ2) is 12.6. The molecule has 0 bridgehead atoms. The summed E-state index contributed by atoms with van der Waals surface area (Å²) in [6.45, 7) is 10.7. The molecule has 0 saturated carbocycles. The van der Waals surface area contributed by atoms with Gasteiger partial charge in [-0.05, 0) is 44.0 Å². The van der Waals surface area contributed by atoms with Gasteiger partial charge < -0.3 is 15.4 Å². The van der Waals surface area contributed by atoms with Gasteiger partial charge in [0.05, 0.1) is 24.7 Å². The first-order chi connectivity index (χ1) is 12.9. The van der Waals surface area contributed by atoms with E-state index in [9.17, 15) is 8.42 Å². The first-order valence-electron chi connectivity index (χ1n) is 9.52. The van der Waals surface area contributed by atoms with Gasteiger partial charge in [-0.2, -0.15) is 0 Å². The van der Waals surface area contributed by atoms with E-state index in [0.29, 0.717) is 11.4 Å². The van der Waals surface area contributed by atoms with Gasteiger partial charge in [-0.1, -0.05) is 12.1 Å². The normalized spacial score (nSPS) is 15.8. The average molecular weight is 524 g/mol. The van der Waals surface area contributed by atoms with Gasteiger partial charge >= 0.3 is 0 Å². The molecule has 1 heterocycles. The Hall–Kier alpha value is -0.910. The number of hydrogen-bond donors (Lipinski definition) is 2.